The van der Waals surface area contributed by atoms with Gasteiger partial charge in [0.05, 0.1) is 5.92 Å². The summed E-state index contributed by atoms with van der Waals surface area (Å²) in [5.74, 6) is -1.32. The molecule has 0 spiro atoms. The molecule has 2 N–H and O–H groups in total. The van der Waals surface area contributed by atoms with E-state index in [2.05, 4.69) is 17.2 Å². The number of hydrogen-bond donors (Lipinski definition) is 2. The molecule has 0 aliphatic rings. The fourth-order valence-corrected chi connectivity index (χ4v) is 2.65. The maximum atomic E-state index is 12.7. The fraction of sp³-hybridized carbons (Fsp3) is 0.421. The van der Waals surface area contributed by atoms with E-state index in [0.29, 0.717) is 12.8 Å². The lowest BCUT2D eigenvalue weighted by Gasteiger charge is -2.23. The second-order valence-electron chi connectivity index (χ2n) is 6.35. The summed E-state index contributed by atoms with van der Waals surface area (Å²) in [6.07, 6.45) is 0.775. The van der Waals surface area contributed by atoms with Gasteiger partial charge in [-0.3, -0.25) is 14.4 Å². The van der Waals surface area contributed by atoms with Crippen molar-refractivity contribution >= 4 is 28.7 Å². The molecule has 2 atom stereocenters. The van der Waals surface area contributed by atoms with Gasteiger partial charge in [-0.15, -0.1) is 0 Å². The molecule has 2 amide bonds. The van der Waals surface area contributed by atoms with Crippen LogP contribution in [0.15, 0.2) is 42.5 Å². The molecule has 6 heteroatoms. The Morgan fingerprint density at radius 3 is 2.20 bits per heavy atom. The van der Waals surface area contributed by atoms with Crippen molar-refractivity contribution in [3.63, 3.8) is 0 Å². The summed E-state index contributed by atoms with van der Waals surface area (Å²) >= 11 is 5.51. The van der Waals surface area contributed by atoms with Gasteiger partial charge in [-0.1, -0.05) is 50.8 Å². The quantitative estimate of drug-likeness (QED) is 0.522. The van der Waals surface area contributed by atoms with Crippen molar-refractivity contribution in [3.8, 4) is 0 Å². The van der Waals surface area contributed by atoms with Crippen molar-refractivity contribution in [3.05, 3.63) is 48.0 Å². The summed E-state index contributed by atoms with van der Waals surface area (Å²) in [5, 5.41) is 4.55. The number of carbonyl (C=O) groups is 3. The standard InChI is InChI=1S/C19H25ClN2O3/c1-12(2)10-15(13(3)17(20)23)18(24)22-16(19(25)21-4)11-14-8-6-5-7-9-14/h5-9,12,15-16H,3,10-11H2,1-2,4H3,(H,21,25)(H,22,24)/t15-,16+/m1/s1. The predicted octanol–water partition coefficient (Wildman–Crippen LogP) is 2.44. The van der Waals surface area contributed by atoms with Gasteiger partial charge in [0.15, 0.2) is 0 Å². The summed E-state index contributed by atoms with van der Waals surface area (Å²) in [4.78, 5) is 36.3. The zero-order valence-corrected chi connectivity index (χ0v) is 15.6. The van der Waals surface area contributed by atoms with E-state index in [0.717, 1.165) is 5.56 Å². The molecule has 1 aromatic rings. The first-order valence-corrected chi connectivity index (χ1v) is 8.58. The van der Waals surface area contributed by atoms with Crippen LogP contribution in [0.4, 0.5) is 0 Å². The maximum Gasteiger partial charge on any atom is 0.248 e. The molecule has 0 unspecified atom stereocenters. The highest BCUT2D eigenvalue weighted by atomic mass is 35.5. The lowest BCUT2D eigenvalue weighted by atomic mass is 9.90. The minimum atomic E-state index is -0.757. The van der Waals surface area contributed by atoms with Gasteiger partial charge in [0, 0.05) is 19.0 Å². The first-order chi connectivity index (χ1) is 11.8. The Hall–Kier alpha value is -2.14. The molecule has 0 fully saturated rings. The predicted molar refractivity (Wildman–Crippen MR) is 99.1 cm³/mol. The van der Waals surface area contributed by atoms with E-state index in [4.69, 9.17) is 11.6 Å². The molecule has 0 aliphatic heterocycles. The SMILES string of the molecule is C=C(C(=O)Cl)[C@@H](CC(C)C)C(=O)N[C@@H](Cc1ccccc1)C(=O)NC. The highest BCUT2D eigenvalue weighted by molar-refractivity contribution is 6.67. The minimum Gasteiger partial charge on any atom is -0.357 e. The average Bonchev–Trinajstić information content (AvgIpc) is 2.58. The van der Waals surface area contributed by atoms with Gasteiger partial charge >= 0.3 is 0 Å². The van der Waals surface area contributed by atoms with Gasteiger partial charge in [-0.25, -0.2) is 0 Å². The lowest BCUT2D eigenvalue weighted by molar-refractivity contribution is -0.130. The molecule has 1 aromatic carbocycles. The Labute approximate surface area is 153 Å². The zero-order valence-electron chi connectivity index (χ0n) is 14.8. The molecule has 5 nitrogen and oxygen atoms in total. The molecule has 0 saturated carbocycles. The Balaban J connectivity index is 2.95. The van der Waals surface area contributed by atoms with E-state index in [1.165, 1.54) is 7.05 Å². The van der Waals surface area contributed by atoms with Crippen LogP contribution in [0, 0.1) is 11.8 Å². The van der Waals surface area contributed by atoms with Crippen LogP contribution >= 0.6 is 11.6 Å². The van der Waals surface area contributed by atoms with E-state index < -0.39 is 23.1 Å². The van der Waals surface area contributed by atoms with E-state index in [-0.39, 0.29) is 17.4 Å². The highest BCUT2D eigenvalue weighted by Gasteiger charge is 2.29. The van der Waals surface area contributed by atoms with E-state index in [9.17, 15) is 14.4 Å². The van der Waals surface area contributed by atoms with Crippen molar-refractivity contribution in [1.29, 1.82) is 0 Å². The van der Waals surface area contributed by atoms with E-state index in [1.807, 2.05) is 44.2 Å². The third-order valence-electron chi connectivity index (χ3n) is 3.86. The van der Waals surface area contributed by atoms with Crippen molar-refractivity contribution in [2.75, 3.05) is 7.05 Å². The largest absolute Gasteiger partial charge is 0.357 e. The van der Waals surface area contributed by atoms with Crippen molar-refractivity contribution in [1.82, 2.24) is 10.6 Å². The summed E-state index contributed by atoms with van der Waals surface area (Å²) in [6.45, 7) is 7.52. The van der Waals surface area contributed by atoms with Gasteiger partial charge in [0.2, 0.25) is 17.1 Å². The molecule has 25 heavy (non-hydrogen) atoms. The Morgan fingerprint density at radius 1 is 1.12 bits per heavy atom. The molecule has 1 rings (SSSR count). The van der Waals surface area contributed by atoms with Gasteiger partial charge in [-0.05, 0) is 29.5 Å². The number of hydrogen-bond acceptors (Lipinski definition) is 3. The third kappa shape index (κ3) is 6.70. The Bertz CT molecular complexity index is 629. The molecule has 136 valence electrons. The van der Waals surface area contributed by atoms with Crippen LogP contribution in [-0.2, 0) is 20.8 Å². The molecule has 0 saturated heterocycles. The fourth-order valence-electron chi connectivity index (χ4n) is 2.52. The second-order valence-corrected chi connectivity index (χ2v) is 6.69. The van der Waals surface area contributed by atoms with Crippen LogP contribution in [0.1, 0.15) is 25.8 Å². The first kappa shape index (κ1) is 20.9. The molecular weight excluding hydrogens is 340 g/mol. The van der Waals surface area contributed by atoms with Gasteiger partial charge < -0.3 is 10.6 Å². The van der Waals surface area contributed by atoms with Crippen LogP contribution in [-0.4, -0.2) is 30.1 Å². The number of likely N-dealkylation sites (N-methyl/N-ethyl adjacent to an activating group) is 1. The number of nitrogens with one attached hydrogen (secondary N) is 2. The normalized spacial score (nSPS) is 13.0. The summed E-state index contributed by atoms with van der Waals surface area (Å²) in [7, 11) is 1.51. The molecule has 0 aliphatic carbocycles. The second kappa shape index (κ2) is 9.99. The minimum absolute atomic E-state index is 0.0447. The van der Waals surface area contributed by atoms with Crippen LogP contribution in [0.5, 0.6) is 0 Å². The van der Waals surface area contributed by atoms with E-state index >= 15 is 0 Å². The number of carbonyl (C=O) groups excluding carboxylic acids is 3. The summed E-state index contributed by atoms with van der Waals surface area (Å²) < 4.78 is 0. The molecular formula is C19H25ClN2O3. The van der Waals surface area contributed by atoms with Gasteiger partial charge in [0.25, 0.3) is 0 Å². The first-order valence-electron chi connectivity index (χ1n) is 8.20. The third-order valence-corrected chi connectivity index (χ3v) is 4.10. The van der Waals surface area contributed by atoms with Crippen molar-refractivity contribution < 1.29 is 14.4 Å². The highest BCUT2D eigenvalue weighted by Crippen LogP contribution is 2.21. The number of benzene rings is 1. The topological polar surface area (TPSA) is 75.3 Å². The Kier molecular flexibility index (Phi) is 8.35. The molecule has 0 bridgehead atoms. The van der Waals surface area contributed by atoms with E-state index in [1.54, 1.807) is 0 Å². The monoisotopic (exact) mass is 364 g/mol. The number of amides is 2. The molecule has 0 radical (unpaired) electrons. The van der Waals surface area contributed by atoms with Crippen LogP contribution in [0.3, 0.4) is 0 Å². The number of halogens is 1. The maximum absolute atomic E-state index is 12.7. The van der Waals surface area contributed by atoms with Crippen molar-refractivity contribution in [2.24, 2.45) is 11.8 Å². The van der Waals surface area contributed by atoms with Crippen LogP contribution in [0.2, 0.25) is 0 Å². The van der Waals surface area contributed by atoms with Gasteiger partial charge in [0.1, 0.15) is 6.04 Å². The molecule has 0 heterocycles. The Morgan fingerprint density at radius 2 is 1.72 bits per heavy atom. The summed E-state index contributed by atoms with van der Waals surface area (Å²) in [5.41, 5.74) is 0.965. The average molecular weight is 365 g/mol. The van der Waals surface area contributed by atoms with Gasteiger partial charge in [-0.2, -0.15) is 0 Å². The lowest BCUT2D eigenvalue weighted by Crippen LogP contribution is -2.49. The van der Waals surface area contributed by atoms with Crippen molar-refractivity contribution in [2.45, 2.75) is 32.7 Å². The van der Waals surface area contributed by atoms with Crippen LogP contribution < -0.4 is 10.6 Å². The molecule has 0 aromatic heterocycles. The summed E-state index contributed by atoms with van der Waals surface area (Å²) in [6, 6.07) is 8.64. The number of rotatable bonds is 9. The smallest absolute Gasteiger partial charge is 0.248 e. The zero-order chi connectivity index (χ0) is 19.0. The van der Waals surface area contributed by atoms with Crippen LogP contribution in [0.25, 0.3) is 0 Å².